The van der Waals surface area contributed by atoms with Gasteiger partial charge in [-0.1, -0.05) is 32.0 Å². The van der Waals surface area contributed by atoms with Crippen LogP contribution in [0.15, 0.2) is 60.7 Å². The number of imidazole rings is 1. The number of carbonyl (C=O) groups excluding carboxylic acids is 1. The number of fused-ring (bicyclic) bond motifs is 1. The highest BCUT2D eigenvalue weighted by Crippen LogP contribution is 2.39. The summed E-state index contributed by atoms with van der Waals surface area (Å²) in [6.07, 6.45) is 2.02. The molecule has 0 aliphatic heterocycles. The third-order valence-corrected chi connectivity index (χ3v) is 6.62. The molecule has 34 heavy (non-hydrogen) atoms. The summed E-state index contributed by atoms with van der Waals surface area (Å²) in [6, 6.07) is 15.5. The van der Waals surface area contributed by atoms with Crippen molar-refractivity contribution in [3.05, 3.63) is 83.6 Å². The highest BCUT2D eigenvalue weighted by molar-refractivity contribution is 5.99. The Morgan fingerprint density at radius 1 is 1.00 bits per heavy atom. The van der Waals surface area contributed by atoms with Crippen LogP contribution in [0.4, 0.5) is 14.6 Å². The lowest BCUT2D eigenvalue weighted by molar-refractivity contribution is 0.0893. The Hall–Kier alpha value is -3.87. The summed E-state index contributed by atoms with van der Waals surface area (Å²) in [6.45, 7) is 4.17. The van der Waals surface area contributed by atoms with Gasteiger partial charge >= 0.3 is 0 Å². The Morgan fingerprint density at radius 2 is 1.74 bits per heavy atom. The lowest BCUT2D eigenvalue weighted by Gasteiger charge is -2.32. The Morgan fingerprint density at radius 3 is 2.44 bits per heavy atom. The Labute approximate surface area is 196 Å². The number of nitrogens with two attached hydrogens (primary N) is 1. The number of nitrogens with zero attached hydrogens (tertiary/aromatic N) is 3. The van der Waals surface area contributed by atoms with Crippen LogP contribution < -0.4 is 5.73 Å². The van der Waals surface area contributed by atoms with Gasteiger partial charge in [-0.15, -0.1) is 0 Å². The fraction of sp³-hybridized carbons (Fsp3) is 0.222. The standard InChI is InChI=1S/C27H24F2N4O/c1-3-27(2)14-22-20(23(34)15-27)10-11-21(31-22)26-32-24(16-6-4-7-17(28)12-16)25(30)33(26)19-9-5-8-18(29)13-19/h4-13H,3,14-15,30H2,1-2H3. The average Bonchev–Trinajstić information content (AvgIpc) is 3.15. The molecule has 0 bridgehead atoms. The van der Waals surface area contributed by atoms with Gasteiger partial charge in [0, 0.05) is 17.5 Å². The zero-order chi connectivity index (χ0) is 24.0. The van der Waals surface area contributed by atoms with Gasteiger partial charge < -0.3 is 5.73 Å². The SMILES string of the molecule is CCC1(C)CC(=O)c2ccc(-c3nc(-c4cccc(F)c4)c(N)n3-c3cccc(F)c3)nc2C1. The molecule has 4 aromatic rings. The van der Waals surface area contributed by atoms with E-state index >= 15 is 0 Å². The van der Waals surface area contributed by atoms with E-state index in [1.807, 2.05) is 0 Å². The molecule has 7 heteroatoms. The van der Waals surface area contributed by atoms with Gasteiger partial charge in [-0.25, -0.2) is 18.7 Å². The number of halogens is 2. The Bertz CT molecular complexity index is 1430. The fourth-order valence-corrected chi connectivity index (χ4v) is 4.54. The third-order valence-electron chi connectivity index (χ3n) is 6.62. The van der Waals surface area contributed by atoms with Crippen LogP contribution in [-0.2, 0) is 6.42 Å². The number of aromatic nitrogens is 3. The van der Waals surface area contributed by atoms with Crippen LogP contribution in [0.25, 0.3) is 28.5 Å². The van der Waals surface area contributed by atoms with E-state index < -0.39 is 11.6 Å². The summed E-state index contributed by atoms with van der Waals surface area (Å²) in [7, 11) is 0. The molecule has 2 aromatic carbocycles. The molecular weight excluding hydrogens is 434 g/mol. The van der Waals surface area contributed by atoms with Gasteiger partial charge in [-0.2, -0.15) is 0 Å². The molecule has 1 aliphatic carbocycles. The van der Waals surface area contributed by atoms with E-state index in [-0.39, 0.29) is 17.0 Å². The number of carbonyl (C=O) groups is 1. The second kappa shape index (κ2) is 8.17. The van der Waals surface area contributed by atoms with Crippen LogP contribution in [0.1, 0.15) is 42.7 Å². The van der Waals surface area contributed by atoms with E-state index in [9.17, 15) is 13.6 Å². The number of pyridine rings is 1. The minimum absolute atomic E-state index is 0.0816. The Kier molecular flexibility index (Phi) is 5.27. The molecule has 2 heterocycles. The number of ketones is 1. The molecule has 0 fully saturated rings. The van der Waals surface area contributed by atoms with Crippen molar-refractivity contribution in [2.24, 2.45) is 5.41 Å². The smallest absolute Gasteiger partial charge is 0.165 e. The number of rotatable bonds is 4. The molecule has 172 valence electrons. The van der Waals surface area contributed by atoms with Crippen molar-refractivity contribution in [1.82, 2.24) is 14.5 Å². The van der Waals surface area contributed by atoms with Gasteiger partial charge in [0.1, 0.15) is 28.8 Å². The lowest BCUT2D eigenvalue weighted by atomic mass is 9.72. The largest absolute Gasteiger partial charge is 0.383 e. The predicted octanol–water partition coefficient (Wildman–Crippen LogP) is 6.01. The molecule has 0 saturated heterocycles. The molecule has 5 rings (SSSR count). The second-order valence-electron chi connectivity index (χ2n) is 9.13. The van der Waals surface area contributed by atoms with Gasteiger partial charge in [0.25, 0.3) is 0 Å². The number of Topliss-reactive ketones (excluding diaryl/α,β-unsaturated/α-hetero) is 1. The number of hydrogen-bond donors (Lipinski definition) is 1. The maximum atomic E-state index is 14.1. The van der Waals surface area contributed by atoms with Crippen molar-refractivity contribution in [2.45, 2.75) is 33.1 Å². The number of anilines is 1. The number of benzene rings is 2. The first-order chi connectivity index (χ1) is 16.3. The van der Waals surface area contributed by atoms with E-state index in [1.165, 1.54) is 24.3 Å². The van der Waals surface area contributed by atoms with Crippen LogP contribution in [0.2, 0.25) is 0 Å². The topological polar surface area (TPSA) is 73.8 Å². The quantitative estimate of drug-likeness (QED) is 0.407. The summed E-state index contributed by atoms with van der Waals surface area (Å²) in [4.78, 5) is 22.3. The van der Waals surface area contributed by atoms with Crippen molar-refractivity contribution < 1.29 is 13.6 Å². The van der Waals surface area contributed by atoms with Crippen LogP contribution >= 0.6 is 0 Å². The van der Waals surface area contributed by atoms with Gasteiger partial charge in [-0.3, -0.25) is 9.36 Å². The first-order valence-corrected chi connectivity index (χ1v) is 11.2. The Balaban J connectivity index is 1.72. The molecule has 2 aromatic heterocycles. The highest BCUT2D eigenvalue weighted by atomic mass is 19.1. The third kappa shape index (κ3) is 3.77. The van der Waals surface area contributed by atoms with Crippen LogP contribution in [0.3, 0.4) is 0 Å². The molecule has 0 spiro atoms. The minimum atomic E-state index is -0.424. The molecular formula is C27H24F2N4O. The normalized spacial score (nSPS) is 17.6. The number of hydrogen-bond acceptors (Lipinski definition) is 4. The molecule has 0 radical (unpaired) electrons. The van der Waals surface area contributed by atoms with E-state index in [4.69, 9.17) is 15.7 Å². The second-order valence-corrected chi connectivity index (χ2v) is 9.13. The van der Waals surface area contributed by atoms with Crippen LogP contribution in [0.5, 0.6) is 0 Å². The minimum Gasteiger partial charge on any atom is -0.383 e. The molecule has 0 saturated carbocycles. The predicted molar refractivity (Wildman–Crippen MR) is 128 cm³/mol. The van der Waals surface area contributed by atoms with E-state index in [0.717, 1.165) is 12.1 Å². The van der Waals surface area contributed by atoms with Crippen molar-refractivity contribution >= 4 is 11.6 Å². The molecule has 1 unspecified atom stereocenters. The fourth-order valence-electron chi connectivity index (χ4n) is 4.54. The van der Waals surface area contributed by atoms with Crippen molar-refractivity contribution in [3.8, 4) is 28.5 Å². The summed E-state index contributed by atoms with van der Waals surface area (Å²) in [5, 5.41) is 0. The van der Waals surface area contributed by atoms with Crippen LogP contribution in [-0.4, -0.2) is 20.3 Å². The van der Waals surface area contributed by atoms with E-state index in [0.29, 0.717) is 46.9 Å². The van der Waals surface area contributed by atoms with Gasteiger partial charge in [0.2, 0.25) is 0 Å². The van der Waals surface area contributed by atoms with Crippen molar-refractivity contribution in [2.75, 3.05) is 5.73 Å². The zero-order valence-corrected chi connectivity index (χ0v) is 19.0. The molecule has 5 nitrogen and oxygen atoms in total. The summed E-state index contributed by atoms with van der Waals surface area (Å²) in [5.74, 6) is -0.130. The summed E-state index contributed by atoms with van der Waals surface area (Å²) >= 11 is 0. The average molecular weight is 459 g/mol. The molecule has 1 aliphatic rings. The van der Waals surface area contributed by atoms with Gasteiger partial charge in [-0.05, 0) is 60.7 Å². The van der Waals surface area contributed by atoms with E-state index in [1.54, 1.807) is 41.0 Å². The summed E-state index contributed by atoms with van der Waals surface area (Å²) < 4.78 is 29.7. The zero-order valence-electron chi connectivity index (χ0n) is 19.0. The monoisotopic (exact) mass is 458 g/mol. The lowest BCUT2D eigenvalue weighted by Crippen LogP contribution is -2.30. The first-order valence-electron chi connectivity index (χ1n) is 11.2. The number of nitrogen functional groups attached to an aromatic ring is 1. The van der Waals surface area contributed by atoms with Gasteiger partial charge in [0.05, 0.1) is 11.4 Å². The maximum Gasteiger partial charge on any atom is 0.165 e. The molecule has 1 atom stereocenters. The van der Waals surface area contributed by atoms with E-state index in [2.05, 4.69) is 13.8 Å². The van der Waals surface area contributed by atoms with Crippen LogP contribution in [0, 0.1) is 17.0 Å². The van der Waals surface area contributed by atoms with Crippen molar-refractivity contribution in [1.29, 1.82) is 0 Å². The maximum absolute atomic E-state index is 14.1. The highest BCUT2D eigenvalue weighted by Gasteiger charge is 2.34. The summed E-state index contributed by atoms with van der Waals surface area (Å²) in [5.41, 5.74) is 9.54. The molecule has 0 amide bonds. The first kappa shape index (κ1) is 21.9. The molecule has 2 N–H and O–H groups in total. The van der Waals surface area contributed by atoms with Crippen molar-refractivity contribution in [3.63, 3.8) is 0 Å². The van der Waals surface area contributed by atoms with Gasteiger partial charge in [0.15, 0.2) is 11.6 Å².